The van der Waals surface area contributed by atoms with Gasteiger partial charge in [-0.05, 0) is 24.6 Å². The Kier molecular flexibility index (Phi) is 3.18. The van der Waals surface area contributed by atoms with Crippen LogP contribution >= 0.6 is 0 Å². The molecule has 0 unspecified atom stereocenters. The van der Waals surface area contributed by atoms with E-state index in [4.69, 9.17) is 9.47 Å². The van der Waals surface area contributed by atoms with Crippen LogP contribution in [0.1, 0.15) is 12.5 Å². The summed E-state index contributed by atoms with van der Waals surface area (Å²) in [5.74, 6) is 2.50. The van der Waals surface area contributed by atoms with Crippen molar-refractivity contribution in [1.29, 1.82) is 0 Å². The fourth-order valence-electron chi connectivity index (χ4n) is 2.07. The second kappa shape index (κ2) is 5.14. The Labute approximate surface area is 111 Å². The molecule has 0 saturated heterocycles. The molecule has 1 aliphatic rings. The standard InChI is InChI=1S/C14H15N3O2/c1-2-17(14-8-15-5-6-16-14)9-11-3-4-12-13(7-11)19-10-18-12/h3-8H,2,9-10H2,1H3. The average molecular weight is 257 g/mol. The lowest BCUT2D eigenvalue weighted by Gasteiger charge is -2.21. The van der Waals surface area contributed by atoms with E-state index in [1.807, 2.05) is 18.2 Å². The third kappa shape index (κ3) is 2.45. The molecule has 2 aromatic rings. The maximum Gasteiger partial charge on any atom is 0.231 e. The minimum absolute atomic E-state index is 0.306. The smallest absolute Gasteiger partial charge is 0.231 e. The minimum atomic E-state index is 0.306. The number of hydrogen-bond donors (Lipinski definition) is 0. The number of benzene rings is 1. The molecule has 0 N–H and O–H groups in total. The number of anilines is 1. The molecule has 1 aromatic heterocycles. The Morgan fingerprint density at radius 2 is 2.11 bits per heavy atom. The number of fused-ring (bicyclic) bond motifs is 1. The van der Waals surface area contributed by atoms with Crippen molar-refractivity contribution < 1.29 is 9.47 Å². The van der Waals surface area contributed by atoms with Crippen LogP contribution in [0.4, 0.5) is 5.82 Å². The molecule has 98 valence electrons. The summed E-state index contributed by atoms with van der Waals surface area (Å²) in [5, 5.41) is 0. The van der Waals surface area contributed by atoms with E-state index in [0.717, 1.165) is 36.0 Å². The third-order valence-corrected chi connectivity index (χ3v) is 3.07. The maximum atomic E-state index is 5.39. The molecule has 0 fully saturated rings. The molecule has 0 aliphatic carbocycles. The SMILES string of the molecule is CCN(Cc1ccc2c(c1)OCO2)c1cnccn1. The zero-order chi connectivity index (χ0) is 13.1. The summed E-state index contributed by atoms with van der Waals surface area (Å²) >= 11 is 0. The topological polar surface area (TPSA) is 47.5 Å². The van der Waals surface area contributed by atoms with Crippen molar-refractivity contribution in [3.05, 3.63) is 42.4 Å². The summed E-state index contributed by atoms with van der Waals surface area (Å²) in [6.45, 7) is 4.04. The lowest BCUT2D eigenvalue weighted by molar-refractivity contribution is 0.174. The zero-order valence-electron chi connectivity index (χ0n) is 10.7. The van der Waals surface area contributed by atoms with Crippen LogP contribution in [0, 0.1) is 0 Å². The van der Waals surface area contributed by atoms with Crippen LogP contribution in [0.3, 0.4) is 0 Å². The molecule has 0 amide bonds. The van der Waals surface area contributed by atoms with E-state index in [0.29, 0.717) is 6.79 Å². The molecule has 0 saturated carbocycles. The van der Waals surface area contributed by atoms with Gasteiger partial charge in [0.25, 0.3) is 0 Å². The predicted octanol–water partition coefficient (Wildman–Crippen LogP) is 2.23. The quantitative estimate of drug-likeness (QED) is 0.840. The summed E-state index contributed by atoms with van der Waals surface area (Å²) < 4.78 is 10.7. The third-order valence-electron chi connectivity index (χ3n) is 3.07. The molecule has 1 aliphatic heterocycles. The molecular weight excluding hydrogens is 242 g/mol. The Balaban J connectivity index is 1.80. The van der Waals surface area contributed by atoms with Gasteiger partial charge in [0.15, 0.2) is 11.5 Å². The molecule has 0 bridgehead atoms. The highest BCUT2D eigenvalue weighted by Crippen LogP contribution is 2.33. The van der Waals surface area contributed by atoms with E-state index < -0.39 is 0 Å². The average Bonchev–Trinajstić information content (AvgIpc) is 2.93. The summed E-state index contributed by atoms with van der Waals surface area (Å²) in [5.41, 5.74) is 1.16. The second-order valence-electron chi connectivity index (χ2n) is 4.27. The molecule has 1 aromatic carbocycles. The fraction of sp³-hybridized carbons (Fsp3) is 0.286. The molecule has 19 heavy (non-hydrogen) atoms. The van der Waals surface area contributed by atoms with Crippen LogP contribution in [0.2, 0.25) is 0 Å². The van der Waals surface area contributed by atoms with Gasteiger partial charge >= 0.3 is 0 Å². The Morgan fingerprint density at radius 3 is 2.89 bits per heavy atom. The van der Waals surface area contributed by atoms with Crippen molar-refractivity contribution in [1.82, 2.24) is 9.97 Å². The lowest BCUT2D eigenvalue weighted by atomic mass is 10.2. The van der Waals surface area contributed by atoms with Crippen LogP contribution in [0.5, 0.6) is 11.5 Å². The predicted molar refractivity (Wildman–Crippen MR) is 71.3 cm³/mol. The zero-order valence-corrected chi connectivity index (χ0v) is 10.7. The van der Waals surface area contributed by atoms with E-state index in [9.17, 15) is 0 Å². The minimum Gasteiger partial charge on any atom is -0.454 e. The van der Waals surface area contributed by atoms with Gasteiger partial charge in [-0.1, -0.05) is 6.07 Å². The highest BCUT2D eigenvalue weighted by atomic mass is 16.7. The second-order valence-corrected chi connectivity index (χ2v) is 4.27. The normalized spacial score (nSPS) is 12.5. The van der Waals surface area contributed by atoms with E-state index in [-0.39, 0.29) is 0 Å². The van der Waals surface area contributed by atoms with Crippen molar-refractivity contribution in [2.24, 2.45) is 0 Å². The summed E-state index contributed by atoms with van der Waals surface area (Å²) in [4.78, 5) is 10.6. The van der Waals surface area contributed by atoms with Gasteiger partial charge in [-0.3, -0.25) is 4.98 Å². The van der Waals surface area contributed by atoms with Gasteiger partial charge in [0.1, 0.15) is 5.82 Å². The van der Waals surface area contributed by atoms with Crippen molar-refractivity contribution in [3.63, 3.8) is 0 Å². The number of ether oxygens (including phenoxy) is 2. The molecule has 5 heteroatoms. The highest BCUT2D eigenvalue weighted by molar-refractivity contribution is 5.46. The Hall–Kier alpha value is -2.30. The fourth-order valence-corrected chi connectivity index (χ4v) is 2.07. The van der Waals surface area contributed by atoms with Crippen molar-refractivity contribution in [3.8, 4) is 11.5 Å². The molecule has 0 spiro atoms. The van der Waals surface area contributed by atoms with E-state index in [1.165, 1.54) is 0 Å². The first-order chi connectivity index (χ1) is 9.36. The van der Waals surface area contributed by atoms with Crippen molar-refractivity contribution >= 4 is 5.82 Å². The van der Waals surface area contributed by atoms with Gasteiger partial charge in [-0.25, -0.2) is 4.98 Å². The highest BCUT2D eigenvalue weighted by Gasteiger charge is 2.14. The van der Waals surface area contributed by atoms with Crippen LogP contribution in [-0.4, -0.2) is 23.3 Å². The maximum absolute atomic E-state index is 5.39. The first-order valence-corrected chi connectivity index (χ1v) is 6.26. The van der Waals surface area contributed by atoms with Crippen LogP contribution in [-0.2, 0) is 6.54 Å². The lowest BCUT2D eigenvalue weighted by Crippen LogP contribution is -2.23. The molecule has 5 nitrogen and oxygen atoms in total. The number of aromatic nitrogens is 2. The number of hydrogen-bond acceptors (Lipinski definition) is 5. The van der Waals surface area contributed by atoms with Gasteiger partial charge in [0.05, 0.1) is 6.20 Å². The summed E-state index contributed by atoms with van der Waals surface area (Å²) in [6, 6.07) is 6.01. The molecule has 3 rings (SSSR count). The summed E-state index contributed by atoms with van der Waals surface area (Å²) in [6.07, 6.45) is 5.16. The van der Waals surface area contributed by atoms with E-state index in [1.54, 1.807) is 18.6 Å². The van der Waals surface area contributed by atoms with Gasteiger partial charge in [0.2, 0.25) is 6.79 Å². The van der Waals surface area contributed by atoms with Crippen molar-refractivity contribution in [2.45, 2.75) is 13.5 Å². The molecule has 0 radical (unpaired) electrons. The monoisotopic (exact) mass is 257 g/mol. The van der Waals surface area contributed by atoms with E-state index >= 15 is 0 Å². The van der Waals surface area contributed by atoms with Crippen LogP contribution in [0.15, 0.2) is 36.8 Å². The van der Waals surface area contributed by atoms with Gasteiger partial charge in [-0.2, -0.15) is 0 Å². The summed E-state index contributed by atoms with van der Waals surface area (Å²) in [7, 11) is 0. The number of rotatable bonds is 4. The largest absolute Gasteiger partial charge is 0.454 e. The first-order valence-electron chi connectivity index (χ1n) is 6.26. The molecule has 0 atom stereocenters. The van der Waals surface area contributed by atoms with E-state index in [2.05, 4.69) is 21.8 Å². The Bertz CT molecular complexity index is 560. The van der Waals surface area contributed by atoms with Gasteiger partial charge in [0, 0.05) is 25.5 Å². The van der Waals surface area contributed by atoms with Gasteiger partial charge < -0.3 is 14.4 Å². The Morgan fingerprint density at radius 1 is 1.21 bits per heavy atom. The first kappa shape index (κ1) is 11.8. The number of nitrogens with zero attached hydrogens (tertiary/aromatic N) is 3. The van der Waals surface area contributed by atoms with Crippen molar-refractivity contribution in [2.75, 3.05) is 18.2 Å². The van der Waals surface area contributed by atoms with Crippen LogP contribution in [0.25, 0.3) is 0 Å². The molecular formula is C14H15N3O2. The molecule has 2 heterocycles. The van der Waals surface area contributed by atoms with Crippen LogP contribution < -0.4 is 14.4 Å². The van der Waals surface area contributed by atoms with Gasteiger partial charge in [-0.15, -0.1) is 0 Å².